The minimum atomic E-state index is -0.541. The number of hydrogen-bond acceptors (Lipinski definition) is 3. The van der Waals surface area contributed by atoms with Crippen LogP contribution in [-0.2, 0) is 11.2 Å². The molecule has 1 unspecified atom stereocenters. The van der Waals surface area contributed by atoms with E-state index in [1.807, 2.05) is 19.1 Å². The topological polar surface area (TPSA) is 36.3 Å². The van der Waals surface area contributed by atoms with Crippen molar-refractivity contribution in [3.63, 3.8) is 0 Å². The first-order valence-electron chi connectivity index (χ1n) is 6.23. The summed E-state index contributed by atoms with van der Waals surface area (Å²) in [4.78, 5) is 2.17. The molecule has 1 aromatic carbocycles. The van der Waals surface area contributed by atoms with Crippen LogP contribution in [0.3, 0.4) is 0 Å². The molecule has 1 aliphatic rings. The minimum Gasteiger partial charge on any atom is -0.379 e. The van der Waals surface area contributed by atoms with Gasteiger partial charge in [-0.15, -0.1) is 0 Å². The Labute approximate surface area is 123 Å². The number of nitriles is 1. The molecule has 3 nitrogen and oxygen atoms in total. The number of morpholine rings is 1. The third-order valence-corrected chi connectivity index (χ3v) is 4.22. The van der Waals surface area contributed by atoms with Crippen LogP contribution in [-0.4, -0.2) is 36.7 Å². The van der Waals surface area contributed by atoms with Crippen molar-refractivity contribution in [2.24, 2.45) is 0 Å². The maximum absolute atomic E-state index is 9.53. The Morgan fingerprint density at radius 3 is 2.58 bits per heavy atom. The number of halogens is 2. The van der Waals surface area contributed by atoms with Crippen LogP contribution in [0.5, 0.6) is 0 Å². The molecular weight excluding hydrogens is 283 g/mol. The molecule has 1 fully saturated rings. The summed E-state index contributed by atoms with van der Waals surface area (Å²) in [5.74, 6) is 0. The van der Waals surface area contributed by atoms with E-state index in [0.717, 1.165) is 18.7 Å². The molecule has 1 heterocycles. The average Bonchev–Trinajstić information content (AvgIpc) is 2.44. The van der Waals surface area contributed by atoms with Gasteiger partial charge < -0.3 is 4.74 Å². The van der Waals surface area contributed by atoms with Crippen molar-refractivity contribution in [3.05, 3.63) is 33.8 Å². The van der Waals surface area contributed by atoms with Crippen LogP contribution in [0, 0.1) is 11.3 Å². The van der Waals surface area contributed by atoms with Gasteiger partial charge in [0, 0.05) is 19.5 Å². The van der Waals surface area contributed by atoms with Gasteiger partial charge in [0.25, 0.3) is 0 Å². The molecule has 0 spiro atoms. The number of ether oxygens (including phenoxy) is 1. The van der Waals surface area contributed by atoms with E-state index < -0.39 is 5.54 Å². The van der Waals surface area contributed by atoms with Crippen molar-refractivity contribution < 1.29 is 4.74 Å². The van der Waals surface area contributed by atoms with Gasteiger partial charge >= 0.3 is 0 Å². The van der Waals surface area contributed by atoms with Crippen molar-refractivity contribution in [2.75, 3.05) is 26.3 Å². The van der Waals surface area contributed by atoms with Crippen LogP contribution in [0.25, 0.3) is 0 Å². The van der Waals surface area contributed by atoms with Crippen LogP contribution >= 0.6 is 23.2 Å². The van der Waals surface area contributed by atoms with Gasteiger partial charge in [-0.05, 0) is 24.6 Å². The highest BCUT2D eigenvalue weighted by Gasteiger charge is 2.33. The Hall–Kier alpha value is -0.790. The highest BCUT2D eigenvalue weighted by Crippen LogP contribution is 2.27. The van der Waals surface area contributed by atoms with Gasteiger partial charge in [-0.3, -0.25) is 4.90 Å². The highest BCUT2D eigenvalue weighted by molar-refractivity contribution is 6.42. The zero-order chi connectivity index (χ0) is 13.9. The summed E-state index contributed by atoms with van der Waals surface area (Å²) in [5.41, 5.74) is 0.478. The lowest BCUT2D eigenvalue weighted by atomic mass is 9.92. The molecule has 0 bridgehead atoms. The zero-order valence-electron chi connectivity index (χ0n) is 10.8. The first kappa shape index (κ1) is 14.6. The van der Waals surface area contributed by atoms with Crippen molar-refractivity contribution in [3.8, 4) is 6.07 Å². The van der Waals surface area contributed by atoms with Crippen molar-refractivity contribution in [2.45, 2.75) is 18.9 Å². The van der Waals surface area contributed by atoms with Crippen molar-refractivity contribution in [1.29, 1.82) is 5.26 Å². The quantitative estimate of drug-likeness (QED) is 0.860. The lowest BCUT2D eigenvalue weighted by molar-refractivity contribution is 0.00189. The normalized spacial score (nSPS) is 19.7. The van der Waals surface area contributed by atoms with E-state index >= 15 is 0 Å². The molecule has 5 heteroatoms. The Morgan fingerprint density at radius 2 is 2.00 bits per heavy atom. The number of hydrogen-bond donors (Lipinski definition) is 0. The van der Waals surface area contributed by atoms with Gasteiger partial charge in [-0.25, -0.2) is 0 Å². The van der Waals surface area contributed by atoms with E-state index in [-0.39, 0.29) is 0 Å². The third kappa shape index (κ3) is 3.40. The molecule has 102 valence electrons. The lowest BCUT2D eigenvalue weighted by Crippen LogP contribution is -2.52. The van der Waals surface area contributed by atoms with Crippen LogP contribution in [0.2, 0.25) is 10.0 Å². The predicted molar refractivity (Wildman–Crippen MR) is 76.6 cm³/mol. The average molecular weight is 299 g/mol. The van der Waals surface area contributed by atoms with Crippen molar-refractivity contribution in [1.82, 2.24) is 4.90 Å². The molecule has 2 rings (SSSR count). The Morgan fingerprint density at radius 1 is 1.32 bits per heavy atom. The fourth-order valence-corrected chi connectivity index (χ4v) is 2.65. The first-order valence-corrected chi connectivity index (χ1v) is 6.99. The Bertz CT molecular complexity index is 495. The standard InChI is InChI=1S/C14H16Cl2N2O/c1-14(10-17,18-4-6-19-7-5-18)9-11-2-3-12(15)13(16)8-11/h2-3,8H,4-7,9H2,1H3. The van der Waals surface area contributed by atoms with E-state index in [1.54, 1.807) is 6.07 Å². The van der Waals surface area contributed by atoms with E-state index in [1.165, 1.54) is 0 Å². The summed E-state index contributed by atoms with van der Waals surface area (Å²) in [7, 11) is 0. The first-order chi connectivity index (χ1) is 9.05. The molecule has 0 aromatic heterocycles. The molecule has 0 saturated carbocycles. The van der Waals surface area contributed by atoms with Crippen LogP contribution < -0.4 is 0 Å². The van der Waals surface area contributed by atoms with Crippen LogP contribution in [0.1, 0.15) is 12.5 Å². The summed E-state index contributed by atoms with van der Waals surface area (Å²) in [6.45, 7) is 4.88. The van der Waals surface area contributed by atoms with E-state index in [0.29, 0.717) is 29.7 Å². The van der Waals surface area contributed by atoms with E-state index in [2.05, 4.69) is 11.0 Å². The molecule has 1 saturated heterocycles. The molecule has 1 atom stereocenters. The number of rotatable bonds is 3. The van der Waals surface area contributed by atoms with Gasteiger partial charge in [0.15, 0.2) is 0 Å². The summed E-state index contributed by atoms with van der Waals surface area (Å²) in [6.07, 6.45) is 0.625. The smallest absolute Gasteiger partial charge is 0.110 e. The summed E-state index contributed by atoms with van der Waals surface area (Å²) in [5, 5.41) is 10.6. The summed E-state index contributed by atoms with van der Waals surface area (Å²) >= 11 is 11.9. The zero-order valence-corrected chi connectivity index (χ0v) is 12.3. The largest absolute Gasteiger partial charge is 0.379 e. The van der Waals surface area contributed by atoms with Gasteiger partial charge in [0.05, 0.1) is 29.3 Å². The predicted octanol–water partition coefficient (Wildman–Crippen LogP) is 3.15. The van der Waals surface area contributed by atoms with Gasteiger partial charge in [0.2, 0.25) is 0 Å². The molecule has 1 aliphatic heterocycles. The van der Waals surface area contributed by atoms with Crippen molar-refractivity contribution >= 4 is 23.2 Å². The van der Waals surface area contributed by atoms with Crippen LogP contribution in [0.15, 0.2) is 18.2 Å². The lowest BCUT2D eigenvalue weighted by Gasteiger charge is -2.38. The SMILES string of the molecule is CC(C#N)(Cc1ccc(Cl)c(Cl)c1)N1CCOCC1. The van der Waals surface area contributed by atoms with E-state index in [4.69, 9.17) is 27.9 Å². The summed E-state index contributed by atoms with van der Waals surface area (Å²) in [6, 6.07) is 7.95. The third-order valence-electron chi connectivity index (χ3n) is 3.48. The van der Waals surface area contributed by atoms with Gasteiger partial charge in [0.1, 0.15) is 5.54 Å². The second kappa shape index (κ2) is 6.11. The molecular formula is C14H16Cl2N2O. The second-order valence-electron chi connectivity index (χ2n) is 4.91. The second-order valence-corrected chi connectivity index (χ2v) is 5.72. The molecule has 1 aromatic rings. The highest BCUT2D eigenvalue weighted by atomic mass is 35.5. The molecule has 0 radical (unpaired) electrons. The fraction of sp³-hybridized carbons (Fsp3) is 0.500. The number of nitrogens with zero attached hydrogens (tertiary/aromatic N) is 2. The van der Waals surface area contributed by atoms with Gasteiger partial charge in [-0.1, -0.05) is 29.3 Å². The van der Waals surface area contributed by atoms with E-state index in [9.17, 15) is 5.26 Å². The molecule has 0 amide bonds. The van der Waals surface area contributed by atoms with Crippen LogP contribution in [0.4, 0.5) is 0 Å². The Kier molecular flexibility index (Phi) is 4.70. The maximum atomic E-state index is 9.53. The molecule has 0 N–H and O–H groups in total. The monoisotopic (exact) mass is 298 g/mol. The number of benzene rings is 1. The minimum absolute atomic E-state index is 0.529. The van der Waals surface area contributed by atoms with Gasteiger partial charge in [-0.2, -0.15) is 5.26 Å². The Balaban J connectivity index is 2.17. The molecule has 19 heavy (non-hydrogen) atoms. The summed E-state index contributed by atoms with van der Waals surface area (Å²) < 4.78 is 5.33. The fourth-order valence-electron chi connectivity index (χ4n) is 2.33. The molecule has 0 aliphatic carbocycles. The maximum Gasteiger partial charge on any atom is 0.110 e.